The Bertz CT molecular complexity index is 221. The van der Waals surface area contributed by atoms with Crippen molar-refractivity contribution < 1.29 is 14.3 Å². The van der Waals surface area contributed by atoms with Gasteiger partial charge < -0.3 is 14.8 Å². The van der Waals surface area contributed by atoms with E-state index < -0.39 is 0 Å². The fourth-order valence-corrected chi connectivity index (χ4v) is 0.887. The molecule has 0 spiro atoms. The van der Waals surface area contributed by atoms with Gasteiger partial charge in [-0.3, -0.25) is 4.79 Å². The van der Waals surface area contributed by atoms with Crippen molar-refractivity contribution in [3.8, 4) is 0 Å². The third-order valence-corrected chi connectivity index (χ3v) is 1.83. The summed E-state index contributed by atoms with van der Waals surface area (Å²) >= 11 is 0. The molecular formula is C10H17NO3. The normalized spacial score (nSPS) is 20.4. The van der Waals surface area contributed by atoms with Gasteiger partial charge in [-0.2, -0.15) is 0 Å². The molecule has 1 atom stereocenters. The first-order valence-corrected chi connectivity index (χ1v) is 4.92. The van der Waals surface area contributed by atoms with Crippen LogP contribution in [0.4, 0.5) is 0 Å². The largest absolute Gasteiger partial charge is 0.501 e. The van der Waals surface area contributed by atoms with Crippen LogP contribution < -0.4 is 5.32 Å². The van der Waals surface area contributed by atoms with Crippen molar-refractivity contribution in [1.82, 2.24) is 5.32 Å². The lowest BCUT2D eigenvalue weighted by Crippen LogP contribution is -2.28. The van der Waals surface area contributed by atoms with Gasteiger partial charge >= 0.3 is 0 Å². The van der Waals surface area contributed by atoms with Gasteiger partial charge in [0.15, 0.2) is 0 Å². The van der Waals surface area contributed by atoms with E-state index in [-0.39, 0.29) is 12.0 Å². The van der Waals surface area contributed by atoms with E-state index in [1.807, 2.05) is 6.92 Å². The first-order valence-electron chi connectivity index (χ1n) is 4.92. The van der Waals surface area contributed by atoms with E-state index in [9.17, 15) is 4.79 Å². The third-order valence-electron chi connectivity index (χ3n) is 1.83. The Kier molecular flexibility index (Phi) is 4.46. The Morgan fingerprint density at radius 2 is 2.43 bits per heavy atom. The van der Waals surface area contributed by atoms with Gasteiger partial charge in [-0.25, -0.2) is 0 Å². The van der Waals surface area contributed by atoms with Gasteiger partial charge in [-0.15, -0.1) is 0 Å². The molecule has 1 N–H and O–H groups in total. The van der Waals surface area contributed by atoms with Crippen LogP contribution in [0.5, 0.6) is 0 Å². The zero-order valence-corrected chi connectivity index (χ0v) is 8.71. The van der Waals surface area contributed by atoms with Gasteiger partial charge in [-0.1, -0.05) is 6.92 Å². The molecule has 0 aromatic carbocycles. The molecule has 0 radical (unpaired) electrons. The van der Waals surface area contributed by atoms with E-state index in [2.05, 4.69) is 5.32 Å². The summed E-state index contributed by atoms with van der Waals surface area (Å²) < 4.78 is 10.1. The van der Waals surface area contributed by atoms with E-state index in [4.69, 9.17) is 9.47 Å². The van der Waals surface area contributed by atoms with Crippen LogP contribution in [0.3, 0.4) is 0 Å². The number of carbonyl (C=O) groups is 1. The lowest BCUT2D eigenvalue weighted by molar-refractivity contribution is -0.117. The predicted molar refractivity (Wildman–Crippen MR) is 52.7 cm³/mol. The van der Waals surface area contributed by atoms with Crippen LogP contribution in [0.1, 0.15) is 20.3 Å². The SMILES string of the molecule is CCCOC=C(C)C(=O)NCC1CO1. The second kappa shape index (κ2) is 5.65. The minimum Gasteiger partial charge on any atom is -0.501 e. The van der Waals surface area contributed by atoms with E-state index in [0.29, 0.717) is 18.7 Å². The van der Waals surface area contributed by atoms with Gasteiger partial charge in [-0.05, 0) is 13.3 Å². The van der Waals surface area contributed by atoms with Crippen LogP contribution in [-0.2, 0) is 14.3 Å². The maximum atomic E-state index is 11.4. The topological polar surface area (TPSA) is 50.9 Å². The zero-order chi connectivity index (χ0) is 10.4. The molecule has 0 aromatic rings. The average molecular weight is 199 g/mol. The second-order valence-electron chi connectivity index (χ2n) is 3.34. The van der Waals surface area contributed by atoms with E-state index in [0.717, 1.165) is 13.0 Å². The highest BCUT2D eigenvalue weighted by molar-refractivity contribution is 5.92. The Morgan fingerprint density at radius 3 is 3.00 bits per heavy atom. The van der Waals surface area contributed by atoms with Crippen molar-refractivity contribution in [3.63, 3.8) is 0 Å². The van der Waals surface area contributed by atoms with Crippen molar-refractivity contribution >= 4 is 5.91 Å². The summed E-state index contributed by atoms with van der Waals surface area (Å²) in [4.78, 5) is 11.4. The van der Waals surface area contributed by atoms with Crippen LogP contribution in [0.15, 0.2) is 11.8 Å². The molecule has 80 valence electrons. The number of ether oxygens (including phenoxy) is 2. The summed E-state index contributed by atoms with van der Waals surface area (Å²) in [6, 6.07) is 0. The molecule has 1 rings (SSSR count). The zero-order valence-electron chi connectivity index (χ0n) is 8.71. The van der Waals surface area contributed by atoms with E-state index >= 15 is 0 Å². The summed E-state index contributed by atoms with van der Waals surface area (Å²) in [5, 5.41) is 2.76. The predicted octanol–water partition coefficient (Wildman–Crippen LogP) is 0.832. The van der Waals surface area contributed by atoms with Crippen LogP contribution in [-0.4, -0.2) is 31.8 Å². The van der Waals surface area contributed by atoms with Gasteiger partial charge in [0, 0.05) is 12.1 Å². The lowest BCUT2D eigenvalue weighted by atomic mass is 10.3. The van der Waals surface area contributed by atoms with Crippen LogP contribution >= 0.6 is 0 Å². The first kappa shape index (κ1) is 11.0. The minimum atomic E-state index is -0.0865. The fraction of sp³-hybridized carbons (Fsp3) is 0.700. The Balaban J connectivity index is 2.16. The number of carbonyl (C=O) groups excluding carboxylic acids is 1. The highest BCUT2D eigenvalue weighted by Crippen LogP contribution is 2.06. The number of epoxide rings is 1. The molecule has 1 amide bonds. The number of nitrogens with one attached hydrogen (secondary N) is 1. The highest BCUT2D eigenvalue weighted by atomic mass is 16.6. The molecule has 0 aliphatic carbocycles. The number of hydrogen-bond acceptors (Lipinski definition) is 3. The standard InChI is InChI=1S/C10H17NO3/c1-3-4-13-6-8(2)10(12)11-5-9-7-14-9/h6,9H,3-5,7H2,1-2H3,(H,11,12). The summed E-state index contributed by atoms with van der Waals surface area (Å²) in [7, 11) is 0. The highest BCUT2D eigenvalue weighted by Gasteiger charge is 2.22. The first-order chi connectivity index (χ1) is 6.74. The maximum Gasteiger partial charge on any atom is 0.250 e. The maximum absolute atomic E-state index is 11.4. The summed E-state index contributed by atoms with van der Waals surface area (Å²) in [5.74, 6) is -0.0865. The van der Waals surface area contributed by atoms with Crippen molar-refractivity contribution in [3.05, 3.63) is 11.8 Å². The van der Waals surface area contributed by atoms with Crippen LogP contribution in [0.25, 0.3) is 0 Å². The number of hydrogen-bond donors (Lipinski definition) is 1. The van der Waals surface area contributed by atoms with Crippen molar-refractivity contribution in [1.29, 1.82) is 0 Å². The smallest absolute Gasteiger partial charge is 0.250 e. The average Bonchev–Trinajstić information content (AvgIpc) is 2.98. The molecule has 0 bridgehead atoms. The van der Waals surface area contributed by atoms with Crippen molar-refractivity contribution in [2.45, 2.75) is 26.4 Å². The van der Waals surface area contributed by atoms with Crippen LogP contribution in [0.2, 0.25) is 0 Å². The summed E-state index contributed by atoms with van der Waals surface area (Å²) in [6.45, 7) is 5.76. The quantitative estimate of drug-likeness (QED) is 0.298. The molecule has 4 nitrogen and oxygen atoms in total. The molecule has 14 heavy (non-hydrogen) atoms. The Labute approximate surface area is 84.3 Å². The van der Waals surface area contributed by atoms with Gasteiger partial charge in [0.25, 0.3) is 0 Å². The minimum absolute atomic E-state index is 0.0865. The molecule has 1 fully saturated rings. The molecule has 1 heterocycles. The monoisotopic (exact) mass is 199 g/mol. The molecule has 1 aliphatic heterocycles. The van der Waals surface area contributed by atoms with E-state index in [1.165, 1.54) is 6.26 Å². The third kappa shape index (κ3) is 4.28. The molecule has 1 unspecified atom stereocenters. The molecular weight excluding hydrogens is 182 g/mol. The van der Waals surface area contributed by atoms with Crippen molar-refractivity contribution in [2.75, 3.05) is 19.8 Å². The Morgan fingerprint density at radius 1 is 1.71 bits per heavy atom. The van der Waals surface area contributed by atoms with Gasteiger partial charge in [0.2, 0.25) is 5.91 Å². The second-order valence-corrected chi connectivity index (χ2v) is 3.34. The molecule has 1 aliphatic rings. The van der Waals surface area contributed by atoms with Crippen LogP contribution in [0, 0.1) is 0 Å². The fourth-order valence-electron chi connectivity index (χ4n) is 0.887. The van der Waals surface area contributed by atoms with Gasteiger partial charge in [0.05, 0.1) is 25.6 Å². The number of rotatable bonds is 6. The summed E-state index contributed by atoms with van der Waals surface area (Å²) in [5.41, 5.74) is 0.596. The van der Waals surface area contributed by atoms with E-state index in [1.54, 1.807) is 6.92 Å². The Hall–Kier alpha value is -1.03. The molecule has 0 aromatic heterocycles. The molecule has 4 heteroatoms. The lowest BCUT2D eigenvalue weighted by Gasteiger charge is -2.03. The summed E-state index contributed by atoms with van der Waals surface area (Å²) in [6.07, 6.45) is 2.68. The number of amides is 1. The van der Waals surface area contributed by atoms with Gasteiger partial charge in [0.1, 0.15) is 0 Å². The molecule has 0 saturated carbocycles. The molecule has 1 saturated heterocycles. The van der Waals surface area contributed by atoms with Crippen molar-refractivity contribution in [2.24, 2.45) is 0 Å².